The fourth-order valence-corrected chi connectivity index (χ4v) is 2.41. The lowest BCUT2D eigenvalue weighted by Crippen LogP contribution is -2.10. The van der Waals surface area contributed by atoms with Crippen LogP contribution in [0.15, 0.2) is 23.6 Å². The predicted molar refractivity (Wildman–Crippen MR) is 56.5 cm³/mol. The fraction of sp³-hybridized carbons (Fsp3) is 0.100. The molecule has 0 saturated heterocycles. The topological polar surface area (TPSA) is 63.3 Å². The zero-order chi connectivity index (χ0) is 10.1. The number of aldehydes is 1. The van der Waals surface area contributed by atoms with Crippen molar-refractivity contribution in [2.45, 2.75) is 6.04 Å². The van der Waals surface area contributed by atoms with Gasteiger partial charge in [-0.25, -0.2) is 0 Å². The van der Waals surface area contributed by atoms with Crippen molar-refractivity contribution in [2.75, 3.05) is 0 Å². The number of aromatic hydroxyl groups is 1. The SMILES string of the molecule is NC(C=O)c1csc2cc(O)ccc12. The highest BCUT2D eigenvalue weighted by Crippen LogP contribution is 2.31. The van der Waals surface area contributed by atoms with Crippen molar-refractivity contribution >= 4 is 27.7 Å². The first kappa shape index (κ1) is 9.18. The molecule has 0 radical (unpaired) electrons. The van der Waals surface area contributed by atoms with Gasteiger partial charge in [0.05, 0.1) is 6.04 Å². The van der Waals surface area contributed by atoms with Gasteiger partial charge in [0.1, 0.15) is 12.0 Å². The highest BCUT2D eigenvalue weighted by molar-refractivity contribution is 7.17. The molecule has 72 valence electrons. The molecule has 1 aromatic heterocycles. The highest BCUT2D eigenvalue weighted by atomic mass is 32.1. The van der Waals surface area contributed by atoms with E-state index < -0.39 is 6.04 Å². The van der Waals surface area contributed by atoms with Gasteiger partial charge in [-0.2, -0.15) is 0 Å². The van der Waals surface area contributed by atoms with Crippen molar-refractivity contribution < 1.29 is 9.90 Å². The Morgan fingerprint density at radius 1 is 1.50 bits per heavy atom. The van der Waals surface area contributed by atoms with Crippen LogP contribution in [0.25, 0.3) is 10.1 Å². The summed E-state index contributed by atoms with van der Waals surface area (Å²) in [5.41, 5.74) is 6.44. The van der Waals surface area contributed by atoms with Crippen molar-refractivity contribution in [1.82, 2.24) is 0 Å². The van der Waals surface area contributed by atoms with Crippen molar-refractivity contribution in [3.05, 3.63) is 29.1 Å². The Labute approximate surface area is 84.8 Å². The molecule has 0 spiro atoms. The average molecular weight is 207 g/mol. The third-order valence-electron chi connectivity index (χ3n) is 2.09. The average Bonchev–Trinajstić information content (AvgIpc) is 2.59. The Kier molecular flexibility index (Phi) is 2.23. The standard InChI is InChI=1S/C10H9NO2S/c11-9(4-12)8-5-14-10-3-6(13)1-2-7(8)10/h1-5,9,13H,11H2. The summed E-state index contributed by atoms with van der Waals surface area (Å²) in [7, 11) is 0. The lowest BCUT2D eigenvalue weighted by atomic mass is 10.1. The molecule has 0 amide bonds. The van der Waals surface area contributed by atoms with E-state index in [0.717, 1.165) is 15.6 Å². The molecular formula is C10H9NO2S. The van der Waals surface area contributed by atoms with Gasteiger partial charge in [0, 0.05) is 4.70 Å². The van der Waals surface area contributed by atoms with Crippen molar-refractivity contribution in [2.24, 2.45) is 5.73 Å². The van der Waals surface area contributed by atoms with E-state index >= 15 is 0 Å². The van der Waals surface area contributed by atoms with Gasteiger partial charge < -0.3 is 15.6 Å². The molecule has 0 aliphatic carbocycles. The maximum Gasteiger partial charge on any atom is 0.141 e. The number of hydrogen-bond acceptors (Lipinski definition) is 4. The second kappa shape index (κ2) is 3.40. The maximum atomic E-state index is 10.5. The Hall–Kier alpha value is -1.39. The lowest BCUT2D eigenvalue weighted by Gasteiger charge is -2.01. The van der Waals surface area contributed by atoms with Crippen LogP contribution in [0.3, 0.4) is 0 Å². The first-order chi connectivity index (χ1) is 6.72. The predicted octanol–water partition coefficient (Wildman–Crippen LogP) is 1.81. The summed E-state index contributed by atoms with van der Waals surface area (Å²) >= 11 is 1.47. The van der Waals surface area contributed by atoms with Crippen molar-refractivity contribution in [3.8, 4) is 5.75 Å². The number of rotatable bonds is 2. The van der Waals surface area contributed by atoms with Gasteiger partial charge >= 0.3 is 0 Å². The molecule has 14 heavy (non-hydrogen) atoms. The van der Waals surface area contributed by atoms with E-state index in [0.29, 0.717) is 6.29 Å². The number of carbonyl (C=O) groups is 1. The number of fused-ring (bicyclic) bond motifs is 1. The van der Waals surface area contributed by atoms with E-state index in [1.54, 1.807) is 18.2 Å². The Balaban J connectivity index is 2.63. The van der Waals surface area contributed by atoms with Gasteiger partial charge in [0.2, 0.25) is 0 Å². The van der Waals surface area contributed by atoms with Crippen molar-refractivity contribution in [1.29, 1.82) is 0 Å². The molecule has 0 saturated carbocycles. The van der Waals surface area contributed by atoms with E-state index in [9.17, 15) is 9.90 Å². The summed E-state index contributed by atoms with van der Waals surface area (Å²) in [6, 6.07) is 4.46. The molecule has 3 nitrogen and oxygen atoms in total. The smallest absolute Gasteiger partial charge is 0.141 e. The molecule has 2 rings (SSSR count). The number of benzene rings is 1. The Bertz CT molecular complexity index is 478. The first-order valence-corrected chi connectivity index (χ1v) is 5.01. The lowest BCUT2D eigenvalue weighted by molar-refractivity contribution is -0.108. The normalized spacial score (nSPS) is 12.9. The van der Waals surface area contributed by atoms with Gasteiger partial charge in [-0.15, -0.1) is 11.3 Å². The van der Waals surface area contributed by atoms with Crippen LogP contribution in [0, 0.1) is 0 Å². The van der Waals surface area contributed by atoms with Gasteiger partial charge in [-0.05, 0) is 34.5 Å². The van der Waals surface area contributed by atoms with E-state index in [2.05, 4.69) is 0 Å². The van der Waals surface area contributed by atoms with Gasteiger partial charge in [0.25, 0.3) is 0 Å². The second-order valence-electron chi connectivity index (χ2n) is 3.03. The van der Waals surface area contributed by atoms with Crippen LogP contribution in [0.2, 0.25) is 0 Å². The van der Waals surface area contributed by atoms with E-state index in [-0.39, 0.29) is 5.75 Å². The van der Waals surface area contributed by atoms with Gasteiger partial charge in [0.15, 0.2) is 0 Å². The molecule has 0 aliphatic heterocycles. The quantitative estimate of drug-likeness (QED) is 0.738. The molecule has 0 fully saturated rings. The summed E-state index contributed by atoms with van der Waals surface area (Å²) in [6.07, 6.45) is 0.717. The van der Waals surface area contributed by atoms with Gasteiger partial charge in [-0.3, -0.25) is 0 Å². The second-order valence-corrected chi connectivity index (χ2v) is 3.94. The molecule has 1 heterocycles. The third-order valence-corrected chi connectivity index (χ3v) is 3.06. The molecule has 4 heteroatoms. The Morgan fingerprint density at radius 2 is 2.29 bits per heavy atom. The number of thiophene rings is 1. The van der Waals surface area contributed by atoms with Crippen LogP contribution in [0.4, 0.5) is 0 Å². The number of carbonyl (C=O) groups excluding carboxylic acids is 1. The zero-order valence-electron chi connectivity index (χ0n) is 7.31. The number of phenolic OH excluding ortho intramolecular Hbond substituents is 1. The van der Waals surface area contributed by atoms with E-state index in [1.807, 2.05) is 5.38 Å². The zero-order valence-corrected chi connectivity index (χ0v) is 8.12. The van der Waals surface area contributed by atoms with E-state index in [1.165, 1.54) is 11.3 Å². The molecule has 0 bridgehead atoms. The van der Waals surface area contributed by atoms with Crippen LogP contribution >= 0.6 is 11.3 Å². The molecule has 2 aromatic rings. The van der Waals surface area contributed by atoms with Crippen LogP contribution in [-0.4, -0.2) is 11.4 Å². The highest BCUT2D eigenvalue weighted by Gasteiger charge is 2.10. The molecule has 0 aliphatic rings. The fourth-order valence-electron chi connectivity index (χ4n) is 1.37. The van der Waals surface area contributed by atoms with Crippen LogP contribution in [-0.2, 0) is 4.79 Å². The van der Waals surface area contributed by atoms with Crippen LogP contribution in [0.5, 0.6) is 5.75 Å². The molecular weight excluding hydrogens is 198 g/mol. The van der Waals surface area contributed by atoms with E-state index in [4.69, 9.17) is 5.73 Å². The molecule has 1 atom stereocenters. The monoisotopic (exact) mass is 207 g/mol. The van der Waals surface area contributed by atoms with Crippen LogP contribution in [0.1, 0.15) is 11.6 Å². The van der Waals surface area contributed by atoms with Crippen LogP contribution < -0.4 is 5.73 Å². The maximum absolute atomic E-state index is 10.5. The molecule has 1 aromatic carbocycles. The minimum absolute atomic E-state index is 0.227. The summed E-state index contributed by atoms with van der Waals surface area (Å²) < 4.78 is 0.942. The number of hydrogen-bond donors (Lipinski definition) is 2. The number of nitrogens with two attached hydrogens (primary N) is 1. The summed E-state index contributed by atoms with van der Waals surface area (Å²) in [4.78, 5) is 10.5. The summed E-state index contributed by atoms with van der Waals surface area (Å²) in [6.45, 7) is 0. The van der Waals surface area contributed by atoms with Crippen molar-refractivity contribution in [3.63, 3.8) is 0 Å². The molecule has 1 unspecified atom stereocenters. The van der Waals surface area contributed by atoms with Gasteiger partial charge in [-0.1, -0.05) is 0 Å². The minimum Gasteiger partial charge on any atom is -0.508 e. The first-order valence-electron chi connectivity index (χ1n) is 4.13. The minimum atomic E-state index is -0.576. The molecule has 3 N–H and O–H groups in total. The summed E-state index contributed by atoms with van der Waals surface area (Å²) in [5.74, 6) is 0.227. The Morgan fingerprint density at radius 3 is 3.00 bits per heavy atom. The third kappa shape index (κ3) is 1.38. The largest absolute Gasteiger partial charge is 0.508 e. The number of phenols is 1. The summed E-state index contributed by atoms with van der Waals surface area (Å²) in [5, 5.41) is 12.0.